The molecule has 0 heterocycles. The Morgan fingerprint density at radius 1 is 1.12 bits per heavy atom. The monoisotopic (exact) mass is 400 g/mol. The molecule has 0 bridgehead atoms. The summed E-state index contributed by atoms with van der Waals surface area (Å²) < 4.78 is 16.0. The maximum absolute atomic E-state index is 12.4. The second-order valence-electron chi connectivity index (χ2n) is 5.17. The molecular weight excluding hydrogens is 379 g/mol. The van der Waals surface area contributed by atoms with E-state index in [-0.39, 0.29) is 18.3 Å². The number of nitrogens with two attached hydrogens (primary N) is 1. The van der Waals surface area contributed by atoms with Crippen molar-refractivity contribution in [2.75, 3.05) is 26.6 Å². The highest BCUT2D eigenvalue weighted by molar-refractivity contribution is 6.33. The fourth-order valence-corrected chi connectivity index (χ4v) is 2.45. The van der Waals surface area contributed by atoms with Crippen LogP contribution in [0, 0.1) is 0 Å². The van der Waals surface area contributed by atoms with Crippen molar-refractivity contribution in [3.05, 3.63) is 46.5 Å². The molecule has 0 aliphatic heterocycles. The van der Waals surface area contributed by atoms with E-state index in [0.29, 0.717) is 46.7 Å². The van der Waals surface area contributed by atoms with E-state index in [9.17, 15) is 4.79 Å². The number of benzene rings is 2. The Labute approximate surface area is 164 Å². The predicted octanol–water partition coefficient (Wildman–Crippen LogP) is 3.69. The highest BCUT2D eigenvalue weighted by Crippen LogP contribution is 2.30. The van der Waals surface area contributed by atoms with Crippen LogP contribution in [0.4, 0.5) is 5.69 Å². The van der Waals surface area contributed by atoms with E-state index in [2.05, 4.69) is 5.32 Å². The summed E-state index contributed by atoms with van der Waals surface area (Å²) in [4.78, 5) is 12.4. The van der Waals surface area contributed by atoms with Crippen molar-refractivity contribution in [3.63, 3.8) is 0 Å². The summed E-state index contributed by atoms with van der Waals surface area (Å²) in [6.45, 7) is 2.76. The molecule has 2 aromatic rings. The van der Waals surface area contributed by atoms with Crippen molar-refractivity contribution in [3.8, 4) is 17.2 Å². The lowest BCUT2D eigenvalue weighted by molar-refractivity contribution is 0.0948. The smallest absolute Gasteiger partial charge is 0.255 e. The molecule has 2 rings (SSSR count). The molecule has 0 saturated carbocycles. The van der Waals surface area contributed by atoms with Gasteiger partial charge in [-0.1, -0.05) is 17.7 Å². The van der Waals surface area contributed by atoms with Gasteiger partial charge in [0, 0.05) is 12.6 Å². The van der Waals surface area contributed by atoms with Gasteiger partial charge in [0.2, 0.25) is 0 Å². The van der Waals surface area contributed by atoms with E-state index < -0.39 is 0 Å². The van der Waals surface area contributed by atoms with E-state index in [1.807, 2.05) is 25.1 Å². The summed E-state index contributed by atoms with van der Waals surface area (Å²) in [5.41, 5.74) is 7.27. The van der Waals surface area contributed by atoms with Gasteiger partial charge in [-0.2, -0.15) is 0 Å². The Morgan fingerprint density at radius 3 is 2.42 bits per heavy atom. The zero-order valence-corrected chi connectivity index (χ0v) is 16.4. The minimum atomic E-state index is -0.313. The third-order valence-corrected chi connectivity index (χ3v) is 3.87. The molecule has 0 fully saturated rings. The first kappa shape index (κ1) is 21.7. The molecular formula is C18H22Cl2N2O4. The van der Waals surface area contributed by atoms with Crippen LogP contribution >= 0.6 is 24.0 Å². The summed E-state index contributed by atoms with van der Waals surface area (Å²) in [7, 11) is 3.04. The average Bonchev–Trinajstić information content (AvgIpc) is 2.62. The minimum absolute atomic E-state index is 0. The van der Waals surface area contributed by atoms with Gasteiger partial charge < -0.3 is 25.3 Å². The average molecular weight is 401 g/mol. The van der Waals surface area contributed by atoms with Crippen LogP contribution in [0.1, 0.15) is 22.8 Å². The summed E-state index contributed by atoms with van der Waals surface area (Å²) in [6.07, 6.45) is 0. The van der Waals surface area contributed by atoms with Gasteiger partial charge in [-0.3, -0.25) is 4.79 Å². The van der Waals surface area contributed by atoms with Crippen molar-refractivity contribution in [2.45, 2.75) is 13.5 Å². The van der Waals surface area contributed by atoms with Gasteiger partial charge in [-0.25, -0.2) is 0 Å². The number of ether oxygens (including phenoxy) is 3. The highest BCUT2D eigenvalue weighted by Gasteiger charge is 2.15. The van der Waals surface area contributed by atoms with Crippen LogP contribution in [0.2, 0.25) is 5.02 Å². The Balaban J connectivity index is 0.00000338. The summed E-state index contributed by atoms with van der Waals surface area (Å²) >= 11 is 6.00. The van der Waals surface area contributed by atoms with Crippen molar-refractivity contribution in [2.24, 2.45) is 0 Å². The SMILES string of the molecule is CCOc1ccc(CNC(=O)c2cc(Cl)c(N)cc2OC)cc1OC.Cl. The van der Waals surface area contributed by atoms with Gasteiger partial charge in [0.05, 0.1) is 37.1 Å². The number of hydrogen-bond donors (Lipinski definition) is 2. The fourth-order valence-electron chi connectivity index (χ4n) is 2.29. The van der Waals surface area contributed by atoms with E-state index in [4.69, 9.17) is 31.5 Å². The van der Waals surface area contributed by atoms with Crippen LogP contribution < -0.4 is 25.3 Å². The molecule has 0 atom stereocenters. The number of amides is 1. The topological polar surface area (TPSA) is 82.8 Å². The normalized spacial score (nSPS) is 9.85. The van der Waals surface area contributed by atoms with Crippen LogP contribution in [0.3, 0.4) is 0 Å². The summed E-state index contributed by atoms with van der Waals surface area (Å²) in [6, 6.07) is 8.50. The number of hydrogen-bond acceptors (Lipinski definition) is 5. The number of nitrogens with one attached hydrogen (secondary N) is 1. The van der Waals surface area contributed by atoms with Gasteiger partial charge >= 0.3 is 0 Å². The Kier molecular flexibility index (Phi) is 8.35. The first-order valence-electron chi connectivity index (χ1n) is 7.71. The number of anilines is 1. The molecule has 0 aromatic heterocycles. The molecule has 0 saturated heterocycles. The van der Waals surface area contributed by atoms with Crippen molar-refractivity contribution < 1.29 is 19.0 Å². The van der Waals surface area contributed by atoms with Gasteiger partial charge in [0.25, 0.3) is 5.91 Å². The van der Waals surface area contributed by atoms with Gasteiger partial charge in [0.1, 0.15) is 5.75 Å². The molecule has 1 amide bonds. The third-order valence-electron chi connectivity index (χ3n) is 3.54. The molecule has 26 heavy (non-hydrogen) atoms. The van der Waals surface area contributed by atoms with Gasteiger partial charge in [-0.15, -0.1) is 12.4 Å². The zero-order valence-electron chi connectivity index (χ0n) is 14.8. The number of nitrogen functional groups attached to an aromatic ring is 1. The molecule has 8 heteroatoms. The van der Waals surface area contributed by atoms with Gasteiger partial charge in [0.15, 0.2) is 11.5 Å². The minimum Gasteiger partial charge on any atom is -0.496 e. The first-order chi connectivity index (χ1) is 12.0. The van der Waals surface area contributed by atoms with E-state index in [1.165, 1.54) is 19.2 Å². The lowest BCUT2D eigenvalue weighted by Gasteiger charge is -2.13. The molecule has 0 radical (unpaired) electrons. The lowest BCUT2D eigenvalue weighted by atomic mass is 10.1. The highest BCUT2D eigenvalue weighted by atomic mass is 35.5. The van der Waals surface area contributed by atoms with Crippen molar-refractivity contribution >= 4 is 35.6 Å². The van der Waals surface area contributed by atoms with Crippen molar-refractivity contribution in [1.82, 2.24) is 5.32 Å². The molecule has 6 nitrogen and oxygen atoms in total. The standard InChI is InChI=1S/C18H21ClN2O4.ClH/c1-4-25-15-6-5-11(7-17(15)24-3)10-21-18(22)12-8-13(19)14(20)9-16(12)23-2;/h5-9H,4,10,20H2,1-3H3,(H,21,22);1H. The molecule has 0 aliphatic rings. The molecule has 0 unspecified atom stereocenters. The third kappa shape index (κ3) is 5.09. The maximum Gasteiger partial charge on any atom is 0.255 e. The molecule has 0 aliphatic carbocycles. The summed E-state index contributed by atoms with van der Waals surface area (Å²) in [5.74, 6) is 1.32. The second kappa shape index (κ2) is 9.99. The maximum atomic E-state index is 12.4. The van der Waals surface area contributed by atoms with E-state index >= 15 is 0 Å². The van der Waals surface area contributed by atoms with Crippen LogP contribution in [0.15, 0.2) is 30.3 Å². The Morgan fingerprint density at radius 2 is 1.81 bits per heavy atom. The predicted molar refractivity (Wildman–Crippen MR) is 105 cm³/mol. The number of rotatable bonds is 7. The Bertz CT molecular complexity index is 769. The molecule has 2 aromatic carbocycles. The van der Waals surface area contributed by atoms with Gasteiger partial charge in [-0.05, 0) is 30.7 Å². The molecule has 3 N–H and O–H groups in total. The van der Waals surface area contributed by atoms with Crippen LogP contribution in [0.25, 0.3) is 0 Å². The van der Waals surface area contributed by atoms with Crippen LogP contribution in [-0.2, 0) is 6.54 Å². The number of carbonyl (C=O) groups is 1. The second-order valence-corrected chi connectivity index (χ2v) is 5.58. The van der Waals surface area contributed by atoms with E-state index in [1.54, 1.807) is 7.11 Å². The molecule has 0 spiro atoms. The first-order valence-corrected chi connectivity index (χ1v) is 8.08. The lowest BCUT2D eigenvalue weighted by Crippen LogP contribution is -2.23. The van der Waals surface area contributed by atoms with Crippen molar-refractivity contribution in [1.29, 1.82) is 0 Å². The van der Waals surface area contributed by atoms with Crippen LogP contribution in [-0.4, -0.2) is 26.7 Å². The van der Waals surface area contributed by atoms with E-state index in [0.717, 1.165) is 5.56 Å². The summed E-state index contributed by atoms with van der Waals surface area (Å²) in [5, 5.41) is 3.12. The Hall–Kier alpha value is -2.31. The number of halogens is 2. The fraction of sp³-hybridized carbons (Fsp3) is 0.278. The largest absolute Gasteiger partial charge is 0.496 e. The number of carbonyl (C=O) groups excluding carboxylic acids is 1. The number of methoxy groups -OCH3 is 2. The zero-order chi connectivity index (χ0) is 18.4. The molecule has 142 valence electrons. The quantitative estimate of drug-likeness (QED) is 0.692. The van der Waals surface area contributed by atoms with Crippen LogP contribution in [0.5, 0.6) is 17.2 Å².